The fourth-order valence-electron chi connectivity index (χ4n) is 1.69. The molecular formula is C10H18O8P2+2. The predicted octanol–water partition coefficient (Wildman–Crippen LogP) is -0.247. The van der Waals surface area contributed by atoms with Crippen molar-refractivity contribution in [3.63, 3.8) is 0 Å². The summed E-state index contributed by atoms with van der Waals surface area (Å²) in [6, 6.07) is 0. The van der Waals surface area contributed by atoms with Crippen LogP contribution in [-0.4, -0.2) is 81.3 Å². The van der Waals surface area contributed by atoms with E-state index in [2.05, 4.69) is 0 Å². The molecule has 0 atom stereocenters. The third-order valence-corrected chi connectivity index (χ3v) is 8.06. The molecule has 0 saturated carbocycles. The number of carboxylic acids is 4. The molecule has 4 N–H and O–H groups in total. The summed E-state index contributed by atoms with van der Waals surface area (Å²) in [6.07, 6.45) is -0.229. The van der Waals surface area contributed by atoms with Crippen LogP contribution in [0.4, 0.5) is 0 Å². The van der Waals surface area contributed by atoms with Gasteiger partial charge in [0.05, 0.1) is 12.3 Å². The van der Waals surface area contributed by atoms with Crippen molar-refractivity contribution in [2.75, 3.05) is 37.0 Å². The van der Waals surface area contributed by atoms with Gasteiger partial charge in [-0.15, -0.1) is 0 Å². The van der Waals surface area contributed by atoms with Gasteiger partial charge in [0.25, 0.3) is 0 Å². The minimum atomic E-state index is -1.67. The van der Waals surface area contributed by atoms with Crippen LogP contribution in [0.3, 0.4) is 0 Å². The van der Waals surface area contributed by atoms with E-state index in [4.69, 9.17) is 20.4 Å². The van der Waals surface area contributed by atoms with Gasteiger partial charge in [0.2, 0.25) is 0 Å². The van der Waals surface area contributed by atoms with Gasteiger partial charge >= 0.3 is 23.9 Å². The third-order valence-electron chi connectivity index (χ3n) is 2.44. The first-order valence-electron chi connectivity index (χ1n) is 5.75. The summed E-state index contributed by atoms with van der Waals surface area (Å²) in [5.74, 6) is -4.31. The summed E-state index contributed by atoms with van der Waals surface area (Å²) in [6.45, 7) is 0. The van der Waals surface area contributed by atoms with Gasteiger partial charge in [-0.05, 0) is 0 Å². The lowest BCUT2D eigenvalue weighted by Gasteiger charge is -2.08. The molecule has 0 aromatic heterocycles. The molecule has 10 heteroatoms. The summed E-state index contributed by atoms with van der Waals surface area (Å²) >= 11 is 0. The SMILES string of the molecule is O=C(O)C[PH+](CC[PH+](CC(=O)O)CC(=O)O)CC(=O)O. The summed E-state index contributed by atoms with van der Waals surface area (Å²) < 4.78 is 0. The molecule has 0 rings (SSSR count). The average Bonchev–Trinajstić information content (AvgIpc) is 2.22. The highest BCUT2D eigenvalue weighted by molar-refractivity contribution is 7.63. The zero-order valence-corrected chi connectivity index (χ0v) is 12.7. The molecule has 114 valence electrons. The number of hydrogen-bond acceptors (Lipinski definition) is 4. The molecule has 0 aliphatic heterocycles. The quantitative estimate of drug-likeness (QED) is 0.379. The highest BCUT2D eigenvalue weighted by atomic mass is 31.1. The maximum atomic E-state index is 10.6. The standard InChI is InChI=1S/C10H16O8P2/c11-7(12)3-19(4-8(13)14)1-2-20(5-9(15)16)6-10(17)18/h1-6H2,(H,11,12)(H,13,14)(H,15,16)(H,17,18)/p+2. The zero-order chi connectivity index (χ0) is 15.7. The lowest BCUT2D eigenvalue weighted by Crippen LogP contribution is -2.15. The Morgan fingerprint density at radius 1 is 0.550 bits per heavy atom. The first kappa shape index (κ1) is 18.7. The van der Waals surface area contributed by atoms with Crippen LogP contribution in [0.2, 0.25) is 0 Å². The fourth-order valence-corrected chi connectivity index (χ4v) is 7.18. The van der Waals surface area contributed by atoms with Gasteiger partial charge in [-0.3, -0.25) is 0 Å². The molecule has 0 aromatic rings. The molecule has 0 amide bonds. The molecule has 0 aromatic carbocycles. The van der Waals surface area contributed by atoms with Gasteiger partial charge in [0.1, 0.15) is 0 Å². The highest BCUT2D eigenvalue weighted by Crippen LogP contribution is 2.42. The Bertz CT molecular complexity index is 315. The average molecular weight is 328 g/mol. The van der Waals surface area contributed by atoms with Gasteiger partial charge in [0.15, 0.2) is 24.6 Å². The molecule has 8 nitrogen and oxygen atoms in total. The second kappa shape index (κ2) is 9.61. The van der Waals surface area contributed by atoms with Crippen molar-refractivity contribution in [1.29, 1.82) is 0 Å². The molecule has 0 spiro atoms. The monoisotopic (exact) mass is 328 g/mol. The van der Waals surface area contributed by atoms with E-state index in [-0.39, 0.29) is 24.6 Å². The predicted molar refractivity (Wildman–Crippen MR) is 76.4 cm³/mol. The minimum absolute atomic E-state index is 0.216. The molecule has 0 unspecified atom stereocenters. The first-order valence-corrected chi connectivity index (χ1v) is 9.99. The Hall–Kier alpha value is -1.26. The van der Waals surface area contributed by atoms with E-state index >= 15 is 0 Å². The van der Waals surface area contributed by atoms with Crippen molar-refractivity contribution in [2.24, 2.45) is 0 Å². The van der Waals surface area contributed by atoms with Crippen molar-refractivity contribution < 1.29 is 39.6 Å². The van der Waals surface area contributed by atoms with Gasteiger partial charge in [-0.25, -0.2) is 19.2 Å². The van der Waals surface area contributed by atoms with Gasteiger partial charge < -0.3 is 20.4 Å². The van der Waals surface area contributed by atoms with Crippen LogP contribution in [-0.2, 0) is 19.2 Å². The Labute approximate surface area is 117 Å². The largest absolute Gasteiger partial charge is 0.479 e. The van der Waals surface area contributed by atoms with E-state index in [1.54, 1.807) is 0 Å². The molecule has 0 heterocycles. The Kier molecular flexibility index (Phi) is 9.01. The molecule has 0 saturated heterocycles. The lowest BCUT2D eigenvalue weighted by molar-refractivity contribution is -0.135. The number of rotatable bonds is 11. The van der Waals surface area contributed by atoms with E-state index in [1.807, 2.05) is 0 Å². The summed E-state index contributed by atoms with van der Waals surface area (Å²) in [4.78, 5) is 42.6. The smallest absolute Gasteiger partial charge is 0.341 e. The highest BCUT2D eigenvalue weighted by Gasteiger charge is 2.30. The minimum Gasteiger partial charge on any atom is -0.479 e. The molecule has 0 radical (unpaired) electrons. The van der Waals surface area contributed by atoms with Crippen LogP contribution in [0.15, 0.2) is 0 Å². The normalized spacial score (nSPS) is 10.7. The molecule has 20 heavy (non-hydrogen) atoms. The molecule has 0 bridgehead atoms. The summed E-state index contributed by atoms with van der Waals surface area (Å²) in [5.41, 5.74) is 0. The number of hydrogen-bond donors (Lipinski definition) is 4. The maximum absolute atomic E-state index is 10.6. The Balaban J connectivity index is 4.49. The van der Waals surface area contributed by atoms with Crippen LogP contribution in [0.1, 0.15) is 0 Å². The third kappa shape index (κ3) is 10.6. The van der Waals surface area contributed by atoms with Crippen LogP contribution >= 0.6 is 15.8 Å². The van der Waals surface area contributed by atoms with Crippen molar-refractivity contribution >= 4 is 39.7 Å². The first-order chi connectivity index (χ1) is 9.20. The second-order valence-corrected chi connectivity index (χ2v) is 9.70. The van der Waals surface area contributed by atoms with Crippen molar-refractivity contribution in [2.45, 2.75) is 0 Å². The van der Waals surface area contributed by atoms with Gasteiger partial charge in [-0.1, -0.05) is 0 Å². The van der Waals surface area contributed by atoms with E-state index < -0.39 is 39.7 Å². The molecular weight excluding hydrogens is 310 g/mol. The Morgan fingerprint density at radius 2 is 0.750 bits per heavy atom. The maximum Gasteiger partial charge on any atom is 0.341 e. The zero-order valence-electron chi connectivity index (χ0n) is 10.7. The Morgan fingerprint density at radius 3 is 0.900 bits per heavy atom. The molecule has 0 aliphatic carbocycles. The fraction of sp³-hybridized carbons (Fsp3) is 0.600. The van der Waals surface area contributed by atoms with Crippen molar-refractivity contribution in [3.05, 3.63) is 0 Å². The lowest BCUT2D eigenvalue weighted by atomic mass is 10.8. The number of carbonyl (C=O) groups is 4. The van der Waals surface area contributed by atoms with E-state index in [9.17, 15) is 19.2 Å². The molecule has 0 fully saturated rings. The van der Waals surface area contributed by atoms with E-state index in [0.717, 1.165) is 0 Å². The van der Waals surface area contributed by atoms with Crippen LogP contribution in [0.25, 0.3) is 0 Å². The van der Waals surface area contributed by atoms with Crippen LogP contribution in [0.5, 0.6) is 0 Å². The second-order valence-electron chi connectivity index (χ2n) is 4.28. The van der Waals surface area contributed by atoms with E-state index in [1.165, 1.54) is 0 Å². The summed E-state index contributed by atoms with van der Waals surface area (Å²) in [7, 11) is -3.34. The van der Waals surface area contributed by atoms with Gasteiger partial charge in [-0.2, -0.15) is 0 Å². The topological polar surface area (TPSA) is 149 Å². The molecule has 0 aliphatic rings. The van der Waals surface area contributed by atoms with Gasteiger partial charge in [0, 0.05) is 15.8 Å². The van der Waals surface area contributed by atoms with E-state index in [0.29, 0.717) is 12.3 Å². The van der Waals surface area contributed by atoms with Crippen molar-refractivity contribution in [1.82, 2.24) is 0 Å². The number of aliphatic carboxylic acids is 4. The van der Waals surface area contributed by atoms with Crippen LogP contribution in [0, 0.1) is 0 Å². The van der Waals surface area contributed by atoms with Crippen molar-refractivity contribution in [3.8, 4) is 0 Å². The van der Waals surface area contributed by atoms with Crippen LogP contribution < -0.4 is 0 Å². The summed E-state index contributed by atoms with van der Waals surface area (Å²) in [5, 5.41) is 34.8. The number of carboxylic acid groups (broad SMARTS) is 4.